The second-order valence-electron chi connectivity index (χ2n) is 7.34. The first-order valence-corrected chi connectivity index (χ1v) is 9.60. The Morgan fingerprint density at radius 3 is 2.41 bits per heavy atom. The topological polar surface area (TPSA) is 51.7 Å². The molecule has 0 unspecified atom stereocenters. The molecule has 1 aromatic carbocycles. The van der Waals surface area contributed by atoms with E-state index < -0.39 is 0 Å². The van der Waals surface area contributed by atoms with Crippen molar-refractivity contribution in [1.29, 1.82) is 0 Å². The first kappa shape index (κ1) is 19.2. The number of hydrogen-bond donors (Lipinski definition) is 0. The van der Waals surface area contributed by atoms with Crippen molar-refractivity contribution in [3.8, 4) is 11.6 Å². The fraction of sp³-hybridized carbons (Fsp3) is 0.455. The van der Waals surface area contributed by atoms with Crippen LogP contribution in [0.4, 0.5) is 0 Å². The number of carbonyl (C=O) groups excluding carboxylic acids is 1. The third-order valence-electron chi connectivity index (χ3n) is 4.92. The Morgan fingerprint density at radius 2 is 1.85 bits per heavy atom. The number of likely N-dealkylation sites (tertiary alicyclic amines) is 1. The molecule has 144 valence electrons. The van der Waals surface area contributed by atoms with Gasteiger partial charge in [-0.25, -0.2) is 4.98 Å². The molecule has 3 rings (SSSR count). The summed E-state index contributed by atoms with van der Waals surface area (Å²) in [4.78, 5) is 18.9. The number of nitrogens with zero attached hydrogens (tertiary/aromatic N) is 2. The van der Waals surface area contributed by atoms with Crippen LogP contribution in [0.3, 0.4) is 0 Å². The van der Waals surface area contributed by atoms with Crippen molar-refractivity contribution in [2.75, 3.05) is 20.2 Å². The van der Waals surface area contributed by atoms with Gasteiger partial charge in [0.05, 0.1) is 18.8 Å². The van der Waals surface area contributed by atoms with Gasteiger partial charge in [-0.1, -0.05) is 12.1 Å². The number of pyridine rings is 1. The zero-order chi connectivity index (χ0) is 19.2. The summed E-state index contributed by atoms with van der Waals surface area (Å²) in [5.74, 6) is 2.11. The molecule has 0 bridgehead atoms. The second-order valence-corrected chi connectivity index (χ2v) is 7.34. The molecule has 1 saturated heterocycles. The third kappa shape index (κ3) is 5.22. The summed E-state index contributed by atoms with van der Waals surface area (Å²) in [6.07, 6.45) is 4.79. The molecule has 1 fully saturated rings. The van der Waals surface area contributed by atoms with Crippen molar-refractivity contribution >= 4 is 5.91 Å². The van der Waals surface area contributed by atoms with Gasteiger partial charge >= 0.3 is 0 Å². The molecule has 1 aromatic heterocycles. The maximum absolute atomic E-state index is 12.7. The fourth-order valence-electron chi connectivity index (χ4n) is 3.44. The van der Waals surface area contributed by atoms with Gasteiger partial charge in [0.1, 0.15) is 5.75 Å². The van der Waals surface area contributed by atoms with Gasteiger partial charge < -0.3 is 14.4 Å². The summed E-state index contributed by atoms with van der Waals surface area (Å²) < 4.78 is 10.7. The Kier molecular flexibility index (Phi) is 6.32. The Balaban J connectivity index is 1.51. The molecule has 0 N–H and O–H groups in total. The highest BCUT2D eigenvalue weighted by Crippen LogP contribution is 2.24. The van der Waals surface area contributed by atoms with Crippen LogP contribution in [0, 0.1) is 5.92 Å². The van der Waals surface area contributed by atoms with E-state index in [4.69, 9.17) is 9.47 Å². The number of methoxy groups -OCH3 is 1. The van der Waals surface area contributed by atoms with Crippen LogP contribution < -0.4 is 9.47 Å². The average molecular weight is 368 g/mol. The number of amides is 1. The van der Waals surface area contributed by atoms with Gasteiger partial charge in [0.25, 0.3) is 5.91 Å². The predicted octanol–water partition coefficient (Wildman–Crippen LogP) is 3.97. The molecule has 5 nitrogen and oxygen atoms in total. The van der Waals surface area contributed by atoms with E-state index in [9.17, 15) is 4.79 Å². The number of benzene rings is 1. The van der Waals surface area contributed by atoms with Crippen LogP contribution in [-0.4, -0.2) is 42.1 Å². The molecule has 0 atom stereocenters. The highest BCUT2D eigenvalue weighted by molar-refractivity contribution is 5.94. The zero-order valence-corrected chi connectivity index (χ0v) is 16.4. The van der Waals surface area contributed by atoms with Crippen molar-refractivity contribution in [1.82, 2.24) is 9.88 Å². The van der Waals surface area contributed by atoms with E-state index in [1.165, 1.54) is 5.56 Å². The van der Waals surface area contributed by atoms with Crippen LogP contribution in [0.2, 0.25) is 0 Å². The molecular formula is C22H28N2O3. The Bertz CT molecular complexity index is 733. The maximum atomic E-state index is 12.7. The summed E-state index contributed by atoms with van der Waals surface area (Å²) >= 11 is 0. The zero-order valence-electron chi connectivity index (χ0n) is 16.4. The van der Waals surface area contributed by atoms with E-state index in [1.54, 1.807) is 25.4 Å². The highest BCUT2D eigenvalue weighted by Gasteiger charge is 2.24. The molecular weight excluding hydrogens is 340 g/mol. The van der Waals surface area contributed by atoms with E-state index >= 15 is 0 Å². The van der Waals surface area contributed by atoms with Crippen LogP contribution in [0.1, 0.15) is 42.6 Å². The standard InChI is InChI=1S/C22H28N2O3/c1-16(2)27-21-9-6-19(15-23-21)22(25)24-12-10-18(11-13-24)14-17-4-7-20(26-3)8-5-17/h4-9,15-16,18H,10-14H2,1-3H3. The number of piperidine rings is 1. The van der Waals surface area contributed by atoms with Crippen molar-refractivity contribution < 1.29 is 14.3 Å². The minimum atomic E-state index is 0.0569. The first-order valence-electron chi connectivity index (χ1n) is 9.60. The summed E-state index contributed by atoms with van der Waals surface area (Å²) in [5, 5.41) is 0. The number of hydrogen-bond acceptors (Lipinski definition) is 4. The molecule has 27 heavy (non-hydrogen) atoms. The van der Waals surface area contributed by atoms with Crippen molar-refractivity contribution in [2.24, 2.45) is 5.92 Å². The van der Waals surface area contributed by atoms with Crippen molar-refractivity contribution in [3.05, 3.63) is 53.7 Å². The summed E-state index contributed by atoms with van der Waals surface area (Å²) in [5.41, 5.74) is 1.95. The number of aromatic nitrogens is 1. The Hall–Kier alpha value is -2.56. The largest absolute Gasteiger partial charge is 0.497 e. The lowest BCUT2D eigenvalue weighted by atomic mass is 9.90. The predicted molar refractivity (Wildman–Crippen MR) is 105 cm³/mol. The van der Waals surface area contributed by atoms with Gasteiger partial charge in [0.15, 0.2) is 0 Å². The minimum Gasteiger partial charge on any atom is -0.497 e. The molecule has 0 radical (unpaired) electrons. The lowest BCUT2D eigenvalue weighted by molar-refractivity contribution is 0.0690. The molecule has 2 heterocycles. The van der Waals surface area contributed by atoms with Gasteiger partial charge in [-0.2, -0.15) is 0 Å². The Labute approximate surface area is 161 Å². The molecule has 0 aliphatic carbocycles. The third-order valence-corrected chi connectivity index (χ3v) is 4.92. The Morgan fingerprint density at radius 1 is 1.15 bits per heavy atom. The smallest absolute Gasteiger partial charge is 0.255 e. The van der Waals surface area contributed by atoms with Crippen LogP contribution >= 0.6 is 0 Å². The lowest BCUT2D eigenvalue weighted by Crippen LogP contribution is -2.39. The van der Waals surface area contributed by atoms with E-state index in [2.05, 4.69) is 17.1 Å². The quantitative estimate of drug-likeness (QED) is 0.774. The van der Waals surface area contributed by atoms with Gasteiger partial charge in [0, 0.05) is 25.4 Å². The van der Waals surface area contributed by atoms with E-state index in [0.29, 0.717) is 17.4 Å². The SMILES string of the molecule is COc1ccc(CC2CCN(C(=O)c3ccc(OC(C)C)nc3)CC2)cc1. The average Bonchev–Trinajstić information content (AvgIpc) is 2.69. The molecule has 1 amide bonds. The number of carbonyl (C=O) groups is 1. The molecule has 2 aromatic rings. The molecule has 0 spiro atoms. The van der Waals surface area contributed by atoms with Crippen molar-refractivity contribution in [2.45, 2.75) is 39.2 Å². The summed E-state index contributed by atoms with van der Waals surface area (Å²) in [6, 6.07) is 11.8. The van der Waals surface area contributed by atoms with Crippen LogP contribution in [0.25, 0.3) is 0 Å². The highest BCUT2D eigenvalue weighted by atomic mass is 16.5. The van der Waals surface area contributed by atoms with Crippen LogP contribution in [0.5, 0.6) is 11.6 Å². The summed E-state index contributed by atoms with van der Waals surface area (Å²) in [7, 11) is 1.68. The fourth-order valence-corrected chi connectivity index (χ4v) is 3.44. The normalized spacial score (nSPS) is 15.0. The second kappa shape index (κ2) is 8.89. The van der Waals surface area contributed by atoms with Gasteiger partial charge in [0.2, 0.25) is 5.88 Å². The molecule has 0 saturated carbocycles. The maximum Gasteiger partial charge on any atom is 0.255 e. The molecule has 5 heteroatoms. The van der Waals surface area contributed by atoms with Gasteiger partial charge in [-0.05, 0) is 62.8 Å². The van der Waals surface area contributed by atoms with Crippen LogP contribution in [-0.2, 0) is 6.42 Å². The number of ether oxygens (including phenoxy) is 2. The monoisotopic (exact) mass is 368 g/mol. The minimum absolute atomic E-state index is 0.0569. The summed E-state index contributed by atoms with van der Waals surface area (Å²) in [6.45, 7) is 5.50. The van der Waals surface area contributed by atoms with Gasteiger partial charge in [-0.3, -0.25) is 4.79 Å². The van der Waals surface area contributed by atoms with E-state index in [0.717, 1.165) is 38.1 Å². The van der Waals surface area contributed by atoms with Gasteiger partial charge in [-0.15, -0.1) is 0 Å². The molecule has 1 aliphatic heterocycles. The molecule has 1 aliphatic rings. The van der Waals surface area contributed by atoms with Crippen LogP contribution in [0.15, 0.2) is 42.6 Å². The van der Waals surface area contributed by atoms with Crippen molar-refractivity contribution in [3.63, 3.8) is 0 Å². The first-order chi connectivity index (χ1) is 13.0. The van der Waals surface area contributed by atoms with E-state index in [-0.39, 0.29) is 12.0 Å². The van der Waals surface area contributed by atoms with E-state index in [1.807, 2.05) is 30.9 Å². The lowest BCUT2D eigenvalue weighted by Gasteiger charge is -2.32. The number of rotatable bonds is 6.